The fourth-order valence-electron chi connectivity index (χ4n) is 1.72. The molecule has 0 saturated heterocycles. The van der Waals surface area contributed by atoms with Crippen LogP contribution in [0.25, 0.3) is 0 Å². The molecule has 20 heavy (non-hydrogen) atoms. The maximum absolute atomic E-state index is 5.51. The molecule has 0 saturated carbocycles. The summed E-state index contributed by atoms with van der Waals surface area (Å²) >= 11 is 1.51. The molecule has 1 unspecified atom stereocenters. The van der Waals surface area contributed by atoms with Gasteiger partial charge in [-0.05, 0) is 27.0 Å². The van der Waals surface area contributed by atoms with Gasteiger partial charge in [0.1, 0.15) is 23.4 Å². The topological polar surface area (TPSA) is 75.9 Å². The van der Waals surface area contributed by atoms with E-state index in [0.29, 0.717) is 5.89 Å². The number of thioether (sulfide) groups is 1. The summed E-state index contributed by atoms with van der Waals surface area (Å²) in [6, 6.07) is 1.83. The van der Waals surface area contributed by atoms with Crippen molar-refractivity contribution in [2.45, 2.75) is 32.0 Å². The Kier molecular flexibility index (Phi) is 4.84. The standard InChI is InChI=1S/C13H19N5OS/c1-5-14-10-6-11(18-13(17-10)20-4)16-9(3)12-15-7-8(2)19-12/h6-7,9H,5H2,1-4H3,(H2,14,16,17,18). The van der Waals surface area contributed by atoms with Crippen molar-refractivity contribution in [1.29, 1.82) is 0 Å². The van der Waals surface area contributed by atoms with Gasteiger partial charge in [0.25, 0.3) is 0 Å². The van der Waals surface area contributed by atoms with E-state index in [1.54, 1.807) is 6.20 Å². The highest BCUT2D eigenvalue weighted by Gasteiger charge is 2.13. The predicted octanol–water partition coefficient (Wildman–Crippen LogP) is 3.10. The summed E-state index contributed by atoms with van der Waals surface area (Å²) in [5.41, 5.74) is 0. The Morgan fingerprint density at radius 1 is 1.35 bits per heavy atom. The van der Waals surface area contributed by atoms with E-state index in [0.717, 1.165) is 29.1 Å². The molecule has 108 valence electrons. The van der Waals surface area contributed by atoms with Crippen LogP contribution in [-0.2, 0) is 0 Å². The molecule has 0 aliphatic heterocycles. The van der Waals surface area contributed by atoms with Gasteiger partial charge in [-0.15, -0.1) is 0 Å². The van der Waals surface area contributed by atoms with Crippen molar-refractivity contribution in [3.8, 4) is 0 Å². The Balaban J connectivity index is 2.17. The minimum atomic E-state index is -0.0530. The number of anilines is 2. The van der Waals surface area contributed by atoms with Gasteiger partial charge >= 0.3 is 0 Å². The van der Waals surface area contributed by atoms with Crippen LogP contribution >= 0.6 is 11.8 Å². The number of nitrogens with zero attached hydrogens (tertiary/aromatic N) is 3. The molecular weight excluding hydrogens is 274 g/mol. The second kappa shape index (κ2) is 6.60. The number of nitrogens with one attached hydrogen (secondary N) is 2. The SMILES string of the molecule is CCNc1cc(NC(C)c2ncc(C)o2)nc(SC)n1. The Hall–Kier alpha value is -1.76. The van der Waals surface area contributed by atoms with Crippen LogP contribution in [0.15, 0.2) is 21.8 Å². The summed E-state index contributed by atoms with van der Waals surface area (Å²) in [5, 5.41) is 7.20. The summed E-state index contributed by atoms with van der Waals surface area (Å²) in [7, 11) is 0. The van der Waals surface area contributed by atoms with Crippen LogP contribution in [0, 0.1) is 6.92 Å². The third-order valence-electron chi connectivity index (χ3n) is 2.62. The molecule has 0 aromatic carbocycles. The fraction of sp³-hybridized carbons (Fsp3) is 0.462. The van der Waals surface area contributed by atoms with Gasteiger partial charge in [-0.25, -0.2) is 15.0 Å². The third kappa shape index (κ3) is 3.63. The Morgan fingerprint density at radius 3 is 2.70 bits per heavy atom. The minimum Gasteiger partial charge on any atom is -0.444 e. The van der Waals surface area contributed by atoms with Gasteiger partial charge in [-0.1, -0.05) is 11.8 Å². The summed E-state index contributed by atoms with van der Waals surface area (Å²) in [6.45, 7) is 6.72. The number of oxazole rings is 1. The molecule has 0 fully saturated rings. The van der Waals surface area contributed by atoms with E-state index in [1.807, 2.05) is 33.1 Å². The predicted molar refractivity (Wildman–Crippen MR) is 81.3 cm³/mol. The summed E-state index contributed by atoms with van der Waals surface area (Å²) in [5.74, 6) is 3.01. The first kappa shape index (κ1) is 14.6. The molecule has 0 amide bonds. The molecule has 0 aliphatic carbocycles. The molecule has 2 aromatic rings. The van der Waals surface area contributed by atoms with E-state index in [2.05, 4.69) is 25.6 Å². The molecule has 7 heteroatoms. The van der Waals surface area contributed by atoms with Crippen molar-refractivity contribution in [3.05, 3.63) is 23.9 Å². The van der Waals surface area contributed by atoms with Gasteiger partial charge in [0.2, 0.25) is 5.89 Å². The van der Waals surface area contributed by atoms with Crippen molar-refractivity contribution in [2.75, 3.05) is 23.4 Å². The number of hydrogen-bond donors (Lipinski definition) is 2. The maximum atomic E-state index is 5.51. The quantitative estimate of drug-likeness (QED) is 0.626. The normalized spacial score (nSPS) is 12.2. The smallest absolute Gasteiger partial charge is 0.216 e. The fourth-order valence-corrected chi connectivity index (χ4v) is 2.10. The lowest BCUT2D eigenvalue weighted by molar-refractivity contribution is 0.453. The number of aromatic nitrogens is 3. The highest BCUT2D eigenvalue weighted by molar-refractivity contribution is 7.98. The molecule has 0 aliphatic rings. The Labute approximate surface area is 122 Å². The van der Waals surface area contributed by atoms with Gasteiger partial charge < -0.3 is 15.1 Å². The van der Waals surface area contributed by atoms with E-state index < -0.39 is 0 Å². The van der Waals surface area contributed by atoms with Gasteiger partial charge in [0.15, 0.2) is 5.16 Å². The van der Waals surface area contributed by atoms with Crippen molar-refractivity contribution in [2.24, 2.45) is 0 Å². The van der Waals surface area contributed by atoms with Crippen LogP contribution in [0.1, 0.15) is 31.5 Å². The minimum absolute atomic E-state index is 0.0530. The number of rotatable bonds is 6. The molecule has 2 heterocycles. The maximum Gasteiger partial charge on any atom is 0.216 e. The average molecular weight is 293 g/mol. The van der Waals surface area contributed by atoms with E-state index in [4.69, 9.17) is 4.42 Å². The Bertz CT molecular complexity index is 572. The van der Waals surface area contributed by atoms with E-state index in [9.17, 15) is 0 Å². The van der Waals surface area contributed by atoms with E-state index in [1.165, 1.54) is 11.8 Å². The lowest BCUT2D eigenvalue weighted by atomic mass is 10.3. The summed E-state index contributed by atoms with van der Waals surface area (Å²) < 4.78 is 5.51. The van der Waals surface area contributed by atoms with Gasteiger partial charge in [0, 0.05) is 12.6 Å². The van der Waals surface area contributed by atoms with Crippen LogP contribution in [0.3, 0.4) is 0 Å². The first-order valence-corrected chi connectivity index (χ1v) is 7.70. The molecule has 1 atom stereocenters. The second-order valence-corrected chi connectivity index (χ2v) is 5.10. The first-order valence-electron chi connectivity index (χ1n) is 6.48. The lowest BCUT2D eigenvalue weighted by Gasteiger charge is -2.13. The second-order valence-electron chi connectivity index (χ2n) is 4.33. The van der Waals surface area contributed by atoms with Gasteiger partial charge in [-0.2, -0.15) is 0 Å². The lowest BCUT2D eigenvalue weighted by Crippen LogP contribution is -2.10. The van der Waals surface area contributed by atoms with Crippen molar-refractivity contribution in [1.82, 2.24) is 15.0 Å². The van der Waals surface area contributed by atoms with Crippen molar-refractivity contribution in [3.63, 3.8) is 0 Å². The zero-order chi connectivity index (χ0) is 14.5. The highest BCUT2D eigenvalue weighted by Crippen LogP contribution is 2.22. The molecule has 2 N–H and O–H groups in total. The molecule has 0 radical (unpaired) electrons. The zero-order valence-corrected chi connectivity index (χ0v) is 12.9. The largest absolute Gasteiger partial charge is 0.444 e. The van der Waals surface area contributed by atoms with Crippen molar-refractivity contribution >= 4 is 23.4 Å². The third-order valence-corrected chi connectivity index (χ3v) is 3.17. The van der Waals surface area contributed by atoms with Crippen molar-refractivity contribution < 1.29 is 4.42 Å². The van der Waals surface area contributed by atoms with Gasteiger partial charge in [0.05, 0.1) is 6.20 Å². The van der Waals surface area contributed by atoms with E-state index in [-0.39, 0.29) is 6.04 Å². The van der Waals surface area contributed by atoms with Crippen LogP contribution in [0.5, 0.6) is 0 Å². The van der Waals surface area contributed by atoms with Crippen LogP contribution in [0.4, 0.5) is 11.6 Å². The molecule has 2 rings (SSSR count). The van der Waals surface area contributed by atoms with Crippen LogP contribution in [-0.4, -0.2) is 27.8 Å². The first-order chi connectivity index (χ1) is 9.62. The summed E-state index contributed by atoms with van der Waals surface area (Å²) in [6.07, 6.45) is 3.67. The zero-order valence-electron chi connectivity index (χ0n) is 12.1. The van der Waals surface area contributed by atoms with E-state index >= 15 is 0 Å². The Morgan fingerprint density at radius 2 is 2.10 bits per heavy atom. The number of hydrogen-bond acceptors (Lipinski definition) is 7. The molecule has 2 aromatic heterocycles. The molecule has 6 nitrogen and oxygen atoms in total. The molecule has 0 bridgehead atoms. The number of aryl methyl sites for hydroxylation is 1. The summed E-state index contributed by atoms with van der Waals surface area (Å²) in [4.78, 5) is 13.0. The molecular formula is C13H19N5OS. The molecule has 0 spiro atoms. The monoisotopic (exact) mass is 293 g/mol. The van der Waals surface area contributed by atoms with Crippen LogP contribution < -0.4 is 10.6 Å². The average Bonchev–Trinajstić information content (AvgIpc) is 2.85. The highest BCUT2D eigenvalue weighted by atomic mass is 32.2. The van der Waals surface area contributed by atoms with Crippen LogP contribution in [0.2, 0.25) is 0 Å². The van der Waals surface area contributed by atoms with Gasteiger partial charge in [-0.3, -0.25) is 0 Å².